The number of carbonyl (C=O) groups excluding carboxylic acids is 1. The number of aromatic nitrogens is 2. The highest BCUT2D eigenvalue weighted by Gasteiger charge is 2.33. The summed E-state index contributed by atoms with van der Waals surface area (Å²) in [6.07, 6.45) is -3.03. The summed E-state index contributed by atoms with van der Waals surface area (Å²) in [7, 11) is 0. The van der Waals surface area contributed by atoms with Gasteiger partial charge in [0.15, 0.2) is 11.5 Å². The molecule has 116 valence electrons. The van der Waals surface area contributed by atoms with Crippen LogP contribution in [-0.2, 0) is 15.7 Å². The van der Waals surface area contributed by atoms with Crippen molar-refractivity contribution in [3.63, 3.8) is 0 Å². The molecule has 5 nitrogen and oxygen atoms in total. The number of halogens is 3. The van der Waals surface area contributed by atoms with Gasteiger partial charge in [0.2, 0.25) is 0 Å². The van der Waals surface area contributed by atoms with E-state index in [4.69, 9.17) is 4.74 Å². The number of hydrogen-bond acceptors (Lipinski definition) is 5. The summed E-state index contributed by atoms with van der Waals surface area (Å²) >= 11 is 0. The SMILES string of the molecule is CCOC(=O)C1CCCN(c2ccc(C(F)(F)F)nn2)C1. The smallest absolute Gasteiger partial charge is 0.435 e. The van der Waals surface area contributed by atoms with E-state index >= 15 is 0 Å². The molecule has 2 heterocycles. The summed E-state index contributed by atoms with van der Waals surface area (Å²) in [6, 6.07) is 2.18. The first-order valence-corrected chi connectivity index (χ1v) is 6.74. The molecule has 0 radical (unpaired) electrons. The first-order valence-electron chi connectivity index (χ1n) is 6.74. The van der Waals surface area contributed by atoms with Crippen LogP contribution >= 0.6 is 0 Å². The lowest BCUT2D eigenvalue weighted by molar-refractivity contribution is -0.148. The molecule has 0 saturated carbocycles. The van der Waals surface area contributed by atoms with Crippen molar-refractivity contribution in [2.45, 2.75) is 25.9 Å². The van der Waals surface area contributed by atoms with Crippen molar-refractivity contribution in [3.05, 3.63) is 17.8 Å². The van der Waals surface area contributed by atoms with Crippen LogP contribution in [-0.4, -0.2) is 35.9 Å². The van der Waals surface area contributed by atoms with E-state index in [0.29, 0.717) is 31.9 Å². The molecular formula is C13H16F3N3O2. The Morgan fingerprint density at radius 2 is 2.19 bits per heavy atom. The van der Waals surface area contributed by atoms with E-state index in [0.717, 1.165) is 12.5 Å². The minimum absolute atomic E-state index is 0.275. The Balaban J connectivity index is 2.06. The van der Waals surface area contributed by atoms with Gasteiger partial charge in [-0.05, 0) is 31.9 Å². The molecule has 8 heteroatoms. The Hall–Kier alpha value is -1.86. The number of alkyl halides is 3. The van der Waals surface area contributed by atoms with E-state index in [2.05, 4.69) is 10.2 Å². The average Bonchev–Trinajstić information content (AvgIpc) is 2.47. The third kappa shape index (κ3) is 3.83. The van der Waals surface area contributed by atoms with Crippen LogP contribution in [0, 0.1) is 5.92 Å². The van der Waals surface area contributed by atoms with E-state index in [1.807, 2.05) is 0 Å². The molecule has 2 rings (SSSR count). The second-order valence-corrected chi connectivity index (χ2v) is 4.81. The Kier molecular flexibility index (Phi) is 4.64. The van der Waals surface area contributed by atoms with Crippen LogP contribution in [0.4, 0.5) is 19.0 Å². The number of carbonyl (C=O) groups is 1. The van der Waals surface area contributed by atoms with Crippen LogP contribution in [0.15, 0.2) is 12.1 Å². The average molecular weight is 303 g/mol. The maximum atomic E-state index is 12.4. The van der Waals surface area contributed by atoms with Gasteiger partial charge in [-0.15, -0.1) is 10.2 Å². The molecule has 1 aromatic rings. The lowest BCUT2D eigenvalue weighted by Crippen LogP contribution is -2.40. The first kappa shape index (κ1) is 15.5. The second kappa shape index (κ2) is 6.28. The Morgan fingerprint density at radius 3 is 2.76 bits per heavy atom. The van der Waals surface area contributed by atoms with Gasteiger partial charge in [0.1, 0.15) is 0 Å². The molecule has 1 aliphatic rings. The summed E-state index contributed by atoms with van der Waals surface area (Å²) in [5.41, 5.74) is -1.02. The van der Waals surface area contributed by atoms with Gasteiger partial charge in [0.05, 0.1) is 12.5 Å². The highest BCUT2D eigenvalue weighted by Crippen LogP contribution is 2.28. The Morgan fingerprint density at radius 1 is 1.43 bits per heavy atom. The molecule has 1 aromatic heterocycles. The quantitative estimate of drug-likeness (QED) is 0.802. The number of piperidine rings is 1. The van der Waals surface area contributed by atoms with Gasteiger partial charge >= 0.3 is 12.1 Å². The van der Waals surface area contributed by atoms with Crippen molar-refractivity contribution in [1.29, 1.82) is 0 Å². The summed E-state index contributed by atoms with van der Waals surface area (Å²) in [4.78, 5) is 13.5. The van der Waals surface area contributed by atoms with Gasteiger partial charge in [0.25, 0.3) is 0 Å². The van der Waals surface area contributed by atoms with E-state index in [-0.39, 0.29) is 11.9 Å². The molecule has 1 unspecified atom stereocenters. The van der Waals surface area contributed by atoms with Crippen LogP contribution < -0.4 is 4.90 Å². The van der Waals surface area contributed by atoms with E-state index in [1.165, 1.54) is 6.07 Å². The lowest BCUT2D eigenvalue weighted by Gasteiger charge is -2.32. The molecule has 1 aliphatic heterocycles. The molecule has 0 bridgehead atoms. The number of ether oxygens (including phenoxy) is 1. The van der Waals surface area contributed by atoms with E-state index in [1.54, 1.807) is 11.8 Å². The van der Waals surface area contributed by atoms with Gasteiger partial charge in [-0.25, -0.2) is 0 Å². The number of nitrogens with zero attached hydrogens (tertiary/aromatic N) is 3. The zero-order valence-corrected chi connectivity index (χ0v) is 11.6. The van der Waals surface area contributed by atoms with Crippen LogP contribution in [0.25, 0.3) is 0 Å². The molecule has 1 fully saturated rings. The fraction of sp³-hybridized carbons (Fsp3) is 0.615. The fourth-order valence-corrected chi connectivity index (χ4v) is 2.28. The number of esters is 1. The Bertz CT molecular complexity index is 490. The maximum Gasteiger partial charge on any atom is 0.435 e. The summed E-state index contributed by atoms with van der Waals surface area (Å²) in [6.45, 7) is 3.07. The van der Waals surface area contributed by atoms with Crippen molar-refractivity contribution in [3.8, 4) is 0 Å². The first-order chi connectivity index (χ1) is 9.91. The minimum Gasteiger partial charge on any atom is -0.466 e. The number of hydrogen-bond donors (Lipinski definition) is 0. The predicted molar refractivity (Wildman–Crippen MR) is 68.6 cm³/mol. The predicted octanol–water partition coefficient (Wildman–Crippen LogP) is 2.27. The van der Waals surface area contributed by atoms with Crippen LogP contribution in [0.5, 0.6) is 0 Å². The molecule has 0 amide bonds. The highest BCUT2D eigenvalue weighted by molar-refractivity contribution is 5.73. The van der Waals surface area contributed by atoms with Crippen molar-refractivity contribution in [1.82, 2.24) is 10.2 Å². The van der Waals surface area contributed by atoms with Gasteiger partial charge in [-0.1, -0.05) is 0 Å². The second-order valence-electron chi connectivity index (χ2n) is 4.81. The van der Waals surface area contributed by atoms with E-state index < -0.39 is 11.9 Å². The van der Waals surface area contributed by atoms with Crippen LogP contribution in [0.1, 0.15) is 25.5 Å². The molecule has 0 aliphatic carbocycles. The Labute approximate surface area is 120 Å². The number of rotatable bonds is 3. The summed E-state index contributed by atoms with van der Waals surface area (Å²) in [5.74, 6) is -0.207. The van der Waals surface area contributed by atoms with Crippen LogP contribution in [0.3, 0.4) is 0 Å². The molecule has 0 spiro atoms. The van der Waals surface area contributed by atoms with Gasteiger partial charge in [-0.3, -0.25) is 4.79 Å². The van der Waals surface area contributed by atoms with Crippen molar-refractivity contribution in [2.24, 2.45) is 5.92 Å². The molecule has 1 atom stereocenters. The molecule has 0 aromatic carbocycles. The van der Waals surface area contributed by atoms with Crippen molar-refractivity contribution < 1.29 is 22.7 Å². The standard InChI is InChI=1S/C13H16F3N3O2/c1-2-21-12(20)9-4-3-7-19(8-9)11-6-5-10(17-18-11)13(14,15)16/h5-6,9H,2-4,7-8H2,1H3. The third-order valence-electron chi connectivity index (χ3n) is 3.31. The molecule has 21 heavy (non-hydrogen) atoms. The molecular weight excluding hydrogens is 287 g/mol. The summed E-state index contributed by atoms with van der Waals surface area (Å²) < 4.78 is 42.3. The van der Waals surface area contributed by atoms with Gasteiger partial charge < -0.3 is 9.64 Å². The molecule has 0 N–H and O–H groups in total. The van der Waals surface area contributed by atoms with Crippen molar-refractivity contribution >= 4 is 11.8 Å². The summed E-state index contributed by atoms with van der Waals surface area (Å²) in [5, 5.41) is 6.81. The van der Waals surface area contributed by atoms with Gasteiger partial charge in [-0.2, -0.15) is 13.2 Å². The van der Waals surface area contributed by atoms with Crippen molar-refractivity contribution in [2.75, 3.05) is 24.6 Å². The molecule has 1 saturated heterocycles. The van der Waals surface area contributed by atoms with Gasteiger partial charge in [0, 0.05) is 13.1 Å². The monoisotopic (exact) mass is 303 g/mol. The van der Waals surface area contributed by atoms with E-state index in [9.17, 15) is 18.0 Å². The maximum absolute atomic E-state index is 12.4. The zero-order chi connectivity index (χ0) is 15.5. The normalized spacial score (nSPS) is 19.4. The largest absolute Gasteiger partial charge is 0.466 e. The zero-order valence-electron chi connectivity index (χ0n) is 11.6. The topological polar surface area (TPSA) is 55.3 Å². The minimum atomic E-state index is -4.50. The van der Waals surface area contributed by atoms with Crippen LogP contribution in [0.2, 0.25) is 0 Å². The number of anilines is 1. The fourth-order valence-electron chi connectivity index (χ4n) is 2.28. The lowest BCUT2D eigenvalue weighted by atomic mass is 9.98. The highest BCUT2D eigenvalue weighted by atomic mass is 19.4. The third-order valence-corrected chi connectivity index (χ3v) is 3.31.